The summed E-state index contributed by atoms with van der Waals surface area (Å²) in [5, 5.41) is 12.3. The van der Waals surface area contributed by atoms with Crippen LogP contribution in [0.25, 0.3) is 0 Å². The van der Waals surface area contributed by atoms with Crippen LogP contribution in [0.2, 0.25) is 0 Å². The van der Waals surface area contributed by atoms with Crippen molar-refractivity contribution >= 4 is 0 Å². The smallest absolute Gasteiger partial charge is 0.0666 e. The fourth-order valence-corrected chi connectivity index (χ4v) is 2.31. The third-order valence-electron chi connectivity index (χ3n) is 3.17. The molecule has 0 aromatic rings. The molecule has 2 atom stereocenters. The summed E-state index contributed by atoms with van der Waals surface area (Å²) in [6.07, 6.45) is 2.61. The van der Waals surface area contributed by atoms with Crippen LogP contribution in [0.3, 0.4) is 0 Å². The van der Waals surface area contributed by atoms with Crippen LogP contribution in [-0.2, 0) is 0 Å². The molecular weight excluding hydrogens is 198 g/mol. The van der Waals surface area contributed by atoms with Crippen LogP contribution in [-0.4, -0.2) is 37.1 Å². The van der Waals surface area contributed by atoms with Gasteiger partial charge in [0.25, 0.3) is 0 Å². The Morgan fingerprint density at radius 1 is 1.44 bits per heavy atom. The predicted molar refractivity (Wildman–Crippen MR) is 67.1 cm³/mol. The van der Waals surface area contributed by atoms with Gasteiger partial charge < -0.3 is 10.2 Å². The van der Waals surface area contributed by atoms with E-state index in [0.29, 0.717) is 6.04 Å². The Bertz CT molecular complexity index is 232. The molecule has 3 heteroatoms. The molecule has 0 aromatic carbocycles. The van der Waals surface area contributed by atoms with E-state index in [1.807, 2.05) is 6.92 Å². The SMILES string of the molecule is CC(C#N)CN1CCCC(CNC(C)C)C1. The molecular formula is C13H25N3. The van der Waals surface area contributed by atoms with E-state index < -0.39 is 0 Å². The lowest BCUT2D eigenvalue weighted by Gasteiger charge is -2.33. The molecule has 0 spiro atoms. The molecule has 1 aliphatic heterocycles. The van der Waals surface area contributed by atoms with E-state index in [2.05, 4.69) is 30.1 Å². The van der Waals surface area contributed by atoms with Crippen LogP contribution in [0.1, 0.15) is 33.6 Å². The van der Waals surface area contributed by atoms with Crippen LogP contribution >= 0.6 is 0 Å². The Balaban J connectivity index is 2.27. The van der Waals surface area contributed by atoms with E-state index in [1.165, 1.54) is 19.4 Å². The zero-order valence-electron chi connectivity index (χ0n) is 10.9. The van der Waals surface area contributed by atoms with Gasteiger partial charge in [-0.05, 0) is 38.8 Å². The van der Waals surface area contributed by atoms with Gasteiger partial charge in [0.15, 0.2) is 0 Å². The highest BCUT2D eigenvalue weighted by Gasteiger charge is 2.20. The van der Waals surface area contributed by atoms with Crippen LogP contribution in [0.15, 0.2) is 0 Å². The molecule has 1 N–H and O–H groups in total. The Kier molecular flexibility index (Phi) is 5.79. The molecule has 0 aromatic heterocycles. The summed E-state index contributed by atoms with van der Waals surface area (Å²) in [4.78, 5) is 2.45. The number of rotatable bonds is 5. The first-order valence-electron chi connectivity index (χ1n) is 6.47. The molecule has 1 aliphatic rings. The van der Waals surface area contributed by atoms with Gasteiger partial charge in [0.05, 0.1) is 12.0 Å². The topological polar surface area (TPSA) is 39.1 Å². The molecule has 0 radical (unpaired) electrons. The number of nitrogens with zero attached hydrogens (tertiary/aromatic N) is 2. The number of nitriles is 1. The van der Waals surface area contributed by atoms with E-state index in [1.54, 1.807) is 0 Å². The standard InChI is InChI=1S/C13H25N3/c1-11(2)15-8-13-5-4-6-16(10-13)9-12(3)7-14/h11-13,15H,4-6,8-10H2,1-3H3. The van der Waals surface area contributed by atoms with Gasteiger partial charge in [-0.3, -0.25) is 0 Å². The largest absolute Gasteiger partial charge is 0.314 e. The van der Waals surface area contributed by atoms with Crippen molar-refractivity contribution < 1.29 is 0 Å². The van der Waals surface area contributed by atoms with E-state index in [-0.39, 0.29) is 5.92 Å². The van der Waals surface area contributed by atoms with Crippen molar-refractivity contribution in [3.05, 3.63) is 0 Å². The summed E-state index contributed by atoms with van der Waals surface area (Å²) in [7, 11) is 0. The first kappa shape index (κ1) is 13.5. The van der Waals surface area contributed by atoms with Gasteiger partial charge in [0.2, 0.25) is 0 Å². The molecule has 1 fully saturated rings. The maximum Gasteiger partial charge on any atom is 0.0666 e. The summed E-state index contributed by atoms with van der Waals surface area (Å²) in [5.74, 6) is 0.929. The normalized spacial score (nSPS) is 24.3. The minimum absolute atomic E-state index is 0.164. The number of likely N-dealkylation sites (tertiary alicyclic amines) is 1. The Labute approximate surface area is 99.8 Å². The van der Waals surface area contributed by atoms with Crippen molar-refractivity contribution in [1.82, 2.24) is 10.2 Å². The van der Waals surface area contributed by atoms with Crippen molar-refractivity contribution in [1.29, 1.82) is 5.26 Å². The van der Waals surface area contributed by atoms with Crippen LogP contribution in [0.5, 0.6) is 0 Å². The third kappa shape index (κ3) is 4.96. The lowest BCUT2D eigenvalue weighted by Crippen LogP contribution is -2.42. The number of hydrogen-bond donors (Lipinski definition) is 1. The highest BCUT2D eigenvalue weighted by atomic mass is 15.1. The van der Waals surface area contributed by atoms with Crippen molar-refractivity contribution in [3.8, 4) is 6.07 Å². The monoisotopic (exact) mass is 223 g/mol. The molecule has 0 amide bonds. The third-order valence-corrected chi connectivity index (χ3v) is 3.17. The Morgan fingerprint density at radius 3 is 2.81 bits per heavy atom. The maximum absolute atomic E-state index is 8.82. The Morgan fingerprint density at radius 2 is 2.19 bits per heavy atom. The quantitative estimate of drug-likeness (QED) is 0.773. The summed E-state index contributed by atoms with van der Waals surface area (Å²) in [5.41, 5.74) is 0. The lowest BCUT2D eigenvalue weighted by molar-refractivity contribution is 0.161. The molecule has 2 unspecified atom stereocenters. The van der Waals surface area contributed by atoms with E-state index >= 15 is 0 Å². The average molecular weight is 223 g/mol. The number of piperidine rings is 1. The van der Waals surface area contributed by atoms with Gasteiger partial charge >= 0.3 is 0 Å². The van der Waals surface area contributed by atoms with Gasteiger partial charge in [-0.15, -0.1) is 0 Å². The highest BCUT2D eigenvalue weighted by molar-refractivity contribution is 4.84. The Hall–Kier alpha value is -0.590. The maximum atomic E-state index is 8.82. The lowest BCUT2D eigenvalue weighted by atomic mass is 9.97. The highest BCUT2D eigenvalue weighted by Crippen LogP contribution is 2.16. The number of hydrogen-bond acceptors (Lipinski definition) is 3. The van der Waals surface area contributed by atoms with Crippen molar-refractivity contribution in [3.63, 3.8) is 0 Å². The molecule has 1 saturated heterocycles. The second kappa shape index (κ2) is 6.88. The molecule has 3 nitrogen and oxygen atoms in total. The zero-order valence-corrected chi connectivity index (χ0v) is 10.9. The van der Waals surface area contributed by atoms with Crippen molar-refractivity contribution in [2.24, 2.45) is 11.8 Å². The van der Waals surface area contributed by atoms with E-state index in [4.69, 9.17) is 5.26 Å². The summed E-state index contributed by atoms with van der Waals surface area (Å²) in [6, 6.07) is 2.90. The van der Waals surface area contributed by atoms with Crippen LogP contribution in [0, 0.1) is 23.2 Å². The zero-order chi connectivity index (χ0) is 12.0. The average Bonchev–Trinajstić information content (AvgIpc) is 2.26. The van der Waals surface area contributed by atoms with Crippen molar-refractivity contribution in [2.45, 2.75) is 39.7 Å². The first-order chi connectivity index (χ1) is 7.61. The molecule has 0 aliphatic carbocycles. The van der Waals surface area contributed by atoms with Gasteiger partial charge in [-0.2, -0.15) is 5.26 Å². The molecule has 1 rings (SSSR count). The first-order valence-corrected chi connectivity index (χ1v) is 6.47. The molecule has 0 bridgehead atoms. The molecule has 92 valence electrons. The fraction of sp³-hybridized carbons (Fsp3) is 0.923. The molecule has 0 saturated carbocycles. The fourth-order valence-electron chi connectivity index (χ4n) is 2.31. The van der Waals surface area contributed by atoms with E-state index in [0.717, 1.165) is 25.6 Å². The second-order valence-corrected chi connectivity index (χ2v) is 5.36. The van der Waals surface area contributed by atoms with Crippen LogP contribution < -0.4 is 5.32 Å². The molecule has 1 heterocycles. The van der Waals surface area contributed by atoms with E-state index in [9.17, 15) is 0 Å². The van der Waals surface area contributed by atoms with Gasteiger partial charge in [0.1, 0.15) is 0 Å². The van der Waals surface area contributed by atoms with Gasteiger partial charge in [0, 0.05) is 19.1 Å². The van der Waals surface area contributed by atoms with Gasteiger partial charge in [-0.1, -0.05) is 13.8 Å². The summed E-state index contributed by atoms with van der Waals surface area (Å²) in [6.45, 7) is 10.8. The summed E-state index contributed by atoms with van der Waals surface area (Å²) >= 11 is 0. The van der Waals surface area contributed by atoms with Gasteiger partial charge in [-0.25, -0.2) is 0 Å². The number of nitrogens with one attached hydrogen (secondary N) is 1. The molecule has 16 heavy (non-hydrogen) atoms. The minimum atomic E-state index is 0.164. The predicted octanol–water partition coefficient (Wildman–Crippen LogP) is 1.86. The minimum Gasteiger partial charge on any atom is -0.314 e. The summed E-state index contributed by atoms with van der Waals surface area (Å²) < 4.78 is 0. The van der Waals surface area contributed by atoms with Crippen molar-refractivity contribution in [2.75, 3.05) is 26.2 Å². The van der Waals surface area contributed by atoms with Crippen LogP contribution in [0.4, 0.5) is 0 Å². The second-order valence-electron chi connectivity index (χ2n) is 5.36.